The Hall–Kier alpha value is -0.850. The predicted molar refractivity (Wildman–Crippen MR) is 63.9 cm³/mol. The van der Waals surface area contributed by atoms with Crippen LogP contribution in [0.3, 0.4) is 0 Å². The van der Waals surface area contributed by atoms with E-state index in [1.54, 1.807) is 11.6 Å². The summed E-state index contributed by atoms with van der Waals surface area (Å²) >= 11 is 0. The quantitative estimate of drug-likeness (QED) is 0.836. The van der Waals surface area contributed by atoms with Gasteiger partial charge in [0.25, 0.3) is 0 Å². The van der Waals surface area contributed by atoms with Gasteiger partial charge in [-0.1, -0.05) is 12.8 Å². The Morgan fingerprint density at radius 3 is 2.65 bits per heavy atom. The van der Waals surface area contributed by atoms with E-state index in [9.17, 15) is 8.42 Å². The molecule has 0 aromatic carbocycles. The third kappa shape index (κ3) is 2.70. The van der Waals surface area contributed by atoms with Crippen molar-refractivity contribution in [2.75, 3.05) is 0 Å². The van der Waals surface area contributed by atoms with Crippen LogP contribution in [-0.2, 0) is 23.7 Å². The van der Waals surface area contributed by atoms with E-state index in [-0.39, 0.29) is 17.5 Å². The van der Waals surface area contributed by atoms with Gasteiger partial charge >= 0.3 is 0 Å². The topological polar surface area (TPSA) is 71.3 Å². The van der Waals surface area contributed by atoms with Gasteiger partial charge in [0.15, 0.2) is 0 Å². The van der Waals surface area contributed by atoms with Gasteiger partial charge in [-0.3, -0.25) is 0 Å². The summed E-state index contributed by atoms with van der Waals surface area (Å²) in [4.78, 5) is 0.232. The Balaban J connectivity index is 2.18. The lowest BCUT2D eigenvalue weighted by Crippen LogP contribution is -2.32. The number of aromatic nitrogens is 1. The molecule has 1 fully saturated rings. The second-order valence-corrected chi connectivity index (χ2v) is 6.25. The molecule has 0 spiro atoms. The van der Waals surface area contributed by atoms with Crippen LogP contribution in [0.5, 0.6) is 0 Å². The monoisotopic (exact) mass is 258 g/mol. The molecule has 1 aromatic rings. The van der Waals surface area contributed by atoms with Gasteiger partial charge in [0.2, 0.25) is 10.0 Å². The van der Waals surface area contributed by atoms with Crippen molar-refractivity contribution < 1.29 is 13.5 Å². The van der Waals surface area contributed by atoms with E-state index in [0.29, 0.717) is 5.69 Å². The number of nitrogens with one attached hydrogen (secondary N) is 1. The van der Waals surface area contributed by atoms with Crippen LogP contribution >= 0.6 is 0 Å². The van der Waals surface area contributed by atoms with Gasteiger partial charge in [-0.15, -0.1) is 0 Å². The summed E-state index contributed by atoms with van der Waals surface area (Å²) in [6.45, 7) is -0.157. The third-order valence-corrected chi connectivity index (χ3v) is 4.72. The zero-order valence-electron chi connectivity index (χ0n) is 9.89. The van der Waals surface area contributed by atoms with Gasteiger partial charge in [-0.2, -0.15) is 0 Å². The molecule has 0 saturated heterocycles. The number of aryl methyl sites for hydroxylation is 1. The molecule has 0 atom stereocenters. The normalized spacial score (nSPS) is 17.8. The van der Waals surface area contributed by atoms with Crippen LogP contribution in [0.25, 0.3) is 0 Å². The van der Waals surface area contributed by atoms with Gasteiger partial charge in [-0.25, -0.2) is 13.1 Å². The predicted octanol–water partition coefficient (Wildman–Crippen LogP) is 0.738. The van der Waals surface area contributed by atoms with Gasteiger partial charge in [-0.05, 0) is 18.9 Å². The molecule has 0 amide bonds. The standard InChI is InChI=1S/C11H18N2O3S/c1-13-7-11(6-10(13)8-14)17(15,16)12-9-4-2-3-5-9/h6-7,9,12,14H,2-5,8H2,1H3. The first-order valence-electron chi connectivity index (χ1n) is 5.81. The van der Waals surface area contributed by atoms with Crippen LogP contribution in [0.4, 0.5) is 0 Å². The largest absolute Gasteiger partial charge is 0.390 e. The van der Waals surface area contributed by atoms with Crippen molar-refractivity contribution >= 4 is 10.0 Å². The Bertz CT molecular complexity index is 487. The highest BCUT2D eigenvalue weighted by Gasteiger charge is 2.24. The van der Waals surface area contributed by atoms with Crippen LogP contribution in [0.2, 0.25) is 0 Å². The van der Waals surface area contributed by atoms with E-state index in [2.05, 4.69) is 4.72 Å². The van der Waals surface area contributed by atoms with Crippen molar-refractivity contribution in [3.63, 3.8) is 0 Å². The first-order chi connectivity index (χ1) is 8.03. The van der Waals surface area contributed by atoms with E-state index in [1.807, 2.05) is 0 Å². The molecule has 1 heterocycles. The van der Waals surface area contributed by atoms with Gasteiger partial charge in [0.1, 0.15) is 0 Å². The highest BCUT2D eigenvalue weighted by atomic mass is 32.2. The Kier molecular flexibility index (Phi) is 3.56. The number of aliphatic hydroxyl groups is 1. The maximum atomic E-state index is 12.1. The number of nitrogens with zero attached hydrogens (tertiary/aromatic N) is 1. The van der Waals surface area contributed by atoms with Crippen molar-refractivity contribution in [2.24, 2.45) is 7.05 Å². The summed E-state index contributed by atoms with van der Waals surface area (Å²) in [5.41, 5.74) is 0.594. The maximum Gasteiger partial charge on any atom is 0.242 e. The second kappa shape index (κ2) is 4.80. The molecule has 6 heteroatoms. The van der Waals surface area contributed by atoms with Crippen LogP contribution in [0, 0.1) is 0 Å². The lowest BCUT2D eigenvalue weighted by molar-refractivity contribution is 0.272. The molecular weight excluding hydrogens is 240 g/mol. The molecule has 0 unspecified atom stereocenters. The minimum Gasteiger partial charge on any atom is -0.390 e. The van der Waals surface area contributed by atoms with Gasteiger partial charge in [0.05, 0.1) is 11.5 Å². The van der Waals surface area contributed by atoms with Crippen molar-refractivity contribution in [1.29, 1.82) is 0 Å². The van der Waals surface area contributed by atoms with E-state index >= 15 is 0 Å². The number of hydrogen-bond donors (Lipinski definition) is 2. The summed E-state index contributed by atoms with van der Waals surface area (Å²) in [7, 11) is -1.72. The van der Waals surface area contributed by atoms with Crippen molar-refractivity contribution in [3.05, 3.63) is 18.0 Å². The van der Waals surface area contributed by atoms with E-state index in [0.717, 1.165) is 25.7 Å². The minimum atomic E-state index is -3.44. The fourth-order valence-corrected chi connectivity index (χ4v) is 3.61. The first-order valence-corrected chi connectivity index (χ1v) is 7.29. The van der Waals surface area contributed by atoms with Crippen molar-refractivity contribution in [3.8, 4) is 0 Å². The molecule has 17 heavy (non-hydrogen) atoms. The minimum absolute atomic E-state index is 0.0674. The molecule has 2 N–H and O–H groups in total. The highest BCUT2D eigenvalue weighted by Crippen LogP contribution is 2.21. The Morgan fingerprint density at radius 1 is 1.47 bits per heavy atom. The third-order valence-electron chi connectivity index (χ3n) is 3.23. The average molecular weight is 258 g/mol. The fourth-order valence-electron chi connectivity index (χ4n) is 2.21. The van der Waals surface area contributed by atoms with Gasteiger partial charge in [0, 0.05) is 25.0 Å². The molecule has 0 radical (unpaired) electrons. The zero-order valence-corrected chi connectivity index (χ0v) is 10.7. The molecule has 1 aliphatic carbocycles. The fraction of sp³-hybridized carbons (Fsp3) is 0.636. The van der Waals surface area contributed by atoms with E-state index in [1.165, 1.54) is 12.3 Å². The van der Waals surface area contributed by atoms with Crippen molar-refractivity contribution in [1.82, 2.24) is 9.29 Å². The maximum absolute atomic E-state index is 12.1. The van der Waals surface area contributed by atoms with Crippen molar-refractivity contribution in [2.45, 2.75) is 43.2 Å². The molecular formula is C11H18N2O3S. The SMILES string of the molecule is Cn1cc(S(=O)(=O)NC2CCCC2)cc1CO. The smallest absolute Gasteiger partial charge is 0.242 e. The highest BCUT2D eigenvalue weighted by molar-refractivity contribution is 7.89. The number of rotatable bonds is 4. The number of hydrogen-bond acceptors (Lipinski definition) is 3. The summed E-state index contributed by atoms with van der Waals surface area (Å²) in [5, 5.41) is 9.05. The Labute approximate surface area is 102 Å². The lowest BCUT2D eigenvalue weighted by Gasteiger charge is -2.10. The average Bonchev–Trinajstić information content (AvgIpc) is 2.87. The number of aliphatic hydroxyl groups excluding tert-OH is 1. The molecule has 1 aromatic heterocycles. The molecule has 0 aliphatic heterocycles. The van der Waals surface area contributed by atoms with Gasteiger partial charge < -0.3 is 9.67 Å². The summed E-state index contributed by atoms with van der Waals surface area (Å²) in [5.74, 6) is 0. The molecule has 1 saturated carbocycles. The zero-order chi connectivity index (χ0) is 12.5. The van der Waals surface area contributed by atoms with E-state index < -0.39 is 10.0 Å². The summed E-state index contributed by atoms with van der Waals surface area (Å²) in [6.07, 6.45) is 5.54. The molecule has 2 rings (SSSR count). The molecule has 1 aliphatic rings. The van der Waals surface area contributed by atoms with Crippen LogP contribution < -0.4 is 4.72 Å². The lowest BCUT2D eigenvalue weighted by atomic mass is 10.3. The molecule has 0 bridgehead atoms. The first kappa shape index (κ1) is 12.6. The molecule has 5 nitrogen and oxygen atoms in total. The second-order valence-electron chi connectivity index (χ2n) is 4.54. The number of sulfonamides is 1. The van der Waals surface area contributed by atoms with Crippen LogP contribution in [-0.4, -0.2) is 24.1 Å². The summed E-state index contributed by atoms with van der Waals surface area (Å²) < 4.78 is 28.5. The molecule has 96 valence electrons. The van der Waals surface area contributed by atoms with Crippen LogP contribution in [0.15, 0.2) is 17.2 Å². The Morgan fingerprint density at radius 2 is 2.12 bits per heavy atom. The van der Waals surface area contributed by atoms with Crippen LogP contribution in [0.1, 0.15) is 31.4 Å². The van der Waals surface area contributed by atoms with E-state index in [4.69, 9.17) is 5.11 Å². The summed E-state index contributed by atoms with van der Waals surface area (Å²) in [6, 6.07) is 1.58.